The van der Waals surface area contributed by atoms with Gasteiger partial charge in [0.15, 0.2) is 23.3 Å². The Kier molecular flexibility index (Phi) is 4.69. The number of hydrogen-bond donors (Lipinski definition) is 3. The van der Waals surface area contributed by atoms with Crippen molar-refractivity contribution in [3.05, 3.63) is 0 Å². The van der Waals surface area contributed by atoms with Crippen LogP contribution in [0.5, 0.6) is 0 Å². The van der Waals surface area contributed by atoms with Crippen molar-refractivity contribution in [3.63, 3.8) is 0 Å². The molecule has 14 atom stereocenters. The standard InChI is InChI=1S/C29H36O12/c1-12-17-19(37-20(12)33)28(36)21-23(2,22(34)25(28,4)35)7-8-26-10-27-14(6-5-13(26)18(32)29(21,40-17)41-26)24(3,11-30)38-15(27)9-16(31)39-27/h12-15,17,19,21,30,35-36H,5-11H2,1-4H3/t12-,13-,14-,15+,17+,19-,21+,23-,24-,25-,26-,27+,28-,29+/m0/s1. The van der Waals surface area contributed by atoms with E-state index in [1.807, 2.05) is 0 Å². The fraction of sp³-hybridized carbons (Fsp3) is 0.862. The number of ether oxygens (including phenoxy) is 5. The van der Waals surface area contributed by atoms with Gasteiger partial charge in [0.2, 0.25) is 5.79 Å². The molecule has 12 nitrogen and oxygen atoms in total. The van der Waals surface area contributed by atoms with E-state index < -0.39 is 105 Å². The van der Waals surface area contributed by atoms with Crippen molar-refractivity contribution < 1.29 is 58.2 Å². The summed E-state index contributed by atoms with van der Waals surface area (Å²) in [6.45, 7) is 5.88. The fourth-order valence-electron chi connectivity index (χ4n) is 10.8. The molecule has 8 aliphatic rings. The maximum Gasteiger partial charge on any atom is 0.311 e. The molecule has 8 rings (SSSR count). The number of aliphatic hydroxyl groups is 3. The Morgan fingerprint density at radius 2 is 1.73 bits per heavy atom. The summed E-state index contributed by atoms with van der Waals surface area (Å²) in [5.41, 5.74) is -9.59. The van der Waals surface area contributed by atoms with Crippen LogP contribution < -0.4 is 0 Å². The van der Waals surface area contributed by atoms with E-state index in [4.69, 9.17) is 23.7 Å². The smallest absolute Gasteiger partial charge is 0.311 e. The molecule has 0 aromatic carbocycles. The molecular weight excluding hydrogens is 540 g/mol. The fourth-order valence-corrected chi connectivity index (χ4v) is 10.8. The molecule has 2 saturated carbocycles. The SMILES string of the molecule is C[C@@H]1C(=O)O[C@H]2[C@@H]1O[C@]13O[C@@]4(CC[C@]5(C)C(=O)[C@](C)(O)[C@@]2(O)[C@H]15)C[C@]12OC(=O)C[C@H]1O[C@@](C)(CO)[C@@H]2CC[C@H]4C3=O. The van der Waals surface area contributed by atoms with Crippen LogP contribution in [0.1, 0.15) is 66.2 Å². The predicted octanol–water partition coefficient (Wildman–Crippen LogP) is -0.286. The minimum absolute atomic E-state index is 0.00455. The Morgan fingerprint density at radius 1 is 1.00 bits per heavy atom. The van der Waals surface area contributed by atoms with Crippen molar-refractivity contribution in [3.8, 4) is 0 Å². The normalized spacial score (nSPS) is 61.8. The average Bonchev–Trinajstić information content (AvgIpc) is 3.47. The summed E-state index contributed by atoms with van der Waals surface area (Å²) in [5.74, 6) is -7.77. The molecule has 3 N–H and O–H groups in total. The van der Waals surface area contributed by atoms with Crippen LogP contribution in [0, 0.1) is 29.1 Å². The van der Waals surface area contributed by atoms with E-state index in [0.29, 0.717) is 12.8 Å². The van der Waals surface area contributed by atoms with Crippen molar-refractivity contribution in [1.29, 1.82) is 0 Å². The second-order valence-corrected chi connectivity index (χ2v) is 14.6. The molecule has 2 aliphatic carbocycles. The van der Waals surface area contributed by atoms with E-state index in [2.05, 4.69) is 0 Å². The highest BCUT2D eigenvalue weighted by molar-refractivity contribution is 6.01. The van der Waals surface area contributed by atoms with E-state index in [0.717, 1.165) is 0 Å². The molecule has 6 saturated heterocycles. The molecular formula is C29H36O12. The van der Waals surface area contributed by atoms with Crippen LogP contribution >= 0.6 is 0 Å². The summed E-state index contributed by atoms with van der Waals surface area (Å²) in [7, 11) is 0. The zero-order chi connectivity index (χ0) is 29.3. The van der Waals surface area contributed by atoms with Crippen molar-refractivity contribution in [2.24, 2.45) is 29.1 Å². The zero-order valence-electron chi connectivity index (χ0n) is 23.5. The van der Waals surface area contributed by atoms with Gasteiger partial charge >= 0.3 is 11.9 Å². The minimum Gasteiger partial charge on any atom is -0.456 e. The van der Waals surface area contributed by atoms with Gasteiger partial charge in [0.25, 0.3) is 0 Å². The Bertz CT molecular complexity index is 1330. The van der Waals surface area contributed by atoms with Gasteiger partial charge in [-0.1, -0.05) is 6.92 Å². The molecule has 41 heavy (non-hydrogen) atoms. The molecule has 8 fully saturated rings. The first-order chi connectivity index (χ1) is 19.1. The van der Waals surface area contributed by atoms with E-state index in [1.165, 1.54) is 6.92 Å². The Labute approximate surface area is 236 Å². The number of carbonyl (C=O) groups is 4. The molecule has 0 aromatic heterocycles. The van der Waals surface area contributed by atoms with Gasteiger partial charge in [-0.25, -0.2) is 0 Å². The number of rotatable bonds is 1. The quantitative estimate of drug-likeness (QED) is 0.349. The number of fused-ring (bicyclic) bond motifs is 2. The molecule has 0 unspecified atom stereocenters. The number of carbonyl (C=O) groups excluding carboxylic acids is 4. The topological polar surface area (TPSA) is 175 Å². The number of esters is 2. The lowest BCUT2D eigenvalue weighted by molar-refractivity contribution is -0.370. The van der Waals surface area contributed by atoms with Crippen molar-refractivity contribution >= 4 is 23.5 Å². The van der Waals surface area contributed by atoms with E-state index in [1.54, 1.807) is 20.8 Å². The second-order valence-electron chi connectivity index (χ2n) is 14.6. The highest BCUT2D eigenvalue weighted by atomic mass is 16.7. The van der Waals surface area contributed by atoms with E-state index in [9.17, 15) is 34.5 Å². The van der Waals surface area contributed by atoms with E-state index in [-0.39, 0.29) is 32.3 Å². The number of aliphatic hydroxyl groups excluding tert-OH is 1. The van der Waals surface area contributed by atoms with Gasteiger partial charge in [-0.3, -0.25) is 19.2 Å². The highest BCUT2D eigenvalue weighted by Gasteiger charge is 2.89. The van der Waals surface area contributed by atoms with Crippen LogP contribution in [0.4, 0.5) is 0 Å². The lowest BCUT2D eigenvalue weighted by atomic mass is 9.59. The summed E-state index contributed by atoms with van der Waals surface area (Å²) >= 11 is 0. The summed E-state index contributed by atoms with van der Waals surface area (Å²) in [6, 6.07) is 0. The van der Waals surface area contributed by atoms with Gasteiger partial charge in [0.1, 0.15) is 23.4 Å². The number of Topliss-reactive ketones (excluding diaryl/α,β-unsaturated/α-hetero) is 2. The third kappa shape index (κ3) is 2.56. The van der Waals surface area contributed by atoms with Gasteiger partial charge < -0.3 is 39.0 Å². The minimum atomic E-state index is -2.36. The highest BCUT2D eigenvalue weighted by Crippen LogP contribution is 2.72. The molecule has 2 bridgehead atoms. The first kappa shape index (κ1) is 26.7. The summed E-state index contributed by atoms with van der Waals surface area (Å²) < 4.78 is 31.4. The predicted molar refractivity (Wildman–Crippen MR) is 132 cm³/mol. The Hall–Kier alpha value is -1.96. The molecule has 12 heteroatoms. The molecule has 3 spiro atoms. The number of hydrogen-bond acceptors (Lipinski definition) is 12. The molecule has 224 valence electrons. The molecule has 0 amide bonds. The summed E-state index contributed by atoms with van der Waals surface area (Å²) in [6.07, 6.45) is -2.06. The van der Waals surface area contributed by atoms with Crippen LogP contribution in [0.15, 0.2) is 0 Å². The third-order valence-electron chi connectivity index (χ3n) is 12.6. The van der Waals surface area contributed by atoms with Crippen LogP contribution in [-0.4, -0.2) is 97.5 Å². The first-order valence-corrected chi connectivity index (χ1v) is 14.7. The zero-order valence-corrected chi connectivity index (χ0v) is 23.5. The molecule has 6 aliphatic heterocycles. The maximum absolute atomic E-state index is 14.8. The van der Waals surface area contributed by atoms with Crippen molar-refractivity contribution in [2.75, 3.05) is 6.61 Å². The largest absolute Gasteiger partial charge is 0.456 e. The molecule has 0 radical (unpaired) electrons. The first-order valence-electron chi connectivity index (χ1n) is 14.7. The summed E-state index contributed by atoms with van der Waals surface area (Å²) in [4.78, 5) is 54.4. The van der Waals surface area contributed by atoms with E-state index >= 15 is 0 Å². The van der Waals surface area contributed by atoms with Gasteiger partial charge in [-0.05, 0) is 46.5 Å². The third-order valence-corrected chi connectivity index (χ3v) is 12.6. The van der Waals surface area contributed by atoms with Gasteiger partial charge in [-0.2, -0.15) is 0 Å². The monoisotopic (exact) mass is 576 g/mol. The van der Waals surface area contributed by atoms with Gasteiger partial charge in [0, 0.05) is 17.8 Å². The van der Waals surface area contributed by atoms with Gasteiger partial charge in [0.05, 0.1) is 42.0 Å². The van der Waals surface area contributed by atoms with Crippen molar-refractivity contribution in [1.82, 2.24) is 0 Å². The lowest BCUT2D eigenvalue weighted by Gasteiger charge is -2.54. The number of ketones is 2. The Morgan fingerprint density at radius 3 is 2.44 bits per heavy atom. The molecule has 0 aromatic rings. The Balaban J connectivity index is 1.32. The van der Waals surface area contributed by atoms with Crippen LogP contribution in [0.2, 0.25) is 0 Å². The molecule has 6 heterocycles. The van der Waals surface area contributed by atoms with Crippen LogP contribution in [0.25, 0.3) is 0 Å². The maximum atomic E-state index is 14.8. The second kappa shape index (κ2) is 7.22. The average molecular weight is 577 g/mol. The summed E-state index contributed by atoms with van der Waals surface area (Å²) in [5, 5.41) is 34.5. The van der Waals surface area contributed by atoms with Crippen LogP contribution in [-0.2, 0) is 42.9 Å². The lowest BCUT2D eigenvalue weighted by Crippen LogP contribution is -2.75. The van der Waals surface area contributed by atoms with Gasteiger partial charge in [-0.15, -0.1) is 0 Å². The van der Waals surface area contributed by atoms with Crippen LogP contribution in [0.3, 0.4) is 0 Å². The van der Waals surface area contributed by atoms with Crippen molar-refractivity contribution in [2.45, 2.75) is 118 Å².